The van der Waals surface area contributed by atoms with Crippen LogP contribution in [0.3, 0.4) is 0 Å². The van der Waals surface area contributed by atoms with Crippen LogP contribution < -0.4 is 15.4 Å². The van der Waals surface area contributed by atoms with Crippen LogP contribution in [0.4, 0.5) is 0 Å². The van der Waals surface area contributed by atoms with Crippen LogP contribution in [0.25, 0.3) is 11.1 Å². The Morgan fingerprint density at radius 3 is 2.75 bits per heavy atom. The third-order valence-corrected chi connectivity index (χ3v) is 4.36. The van der Waals surface area contributed by atoms with E-state index >= 15 is 0 Å². The molecule has 3 rings (SSSR count). The fraction of sp³-hybridized carbons (Fsp3) is 0.316. The van der Waals surface area contributed by atoms with Crippen LogP contribution >= 0.6 is 11.6 Å². The lowest BCUT2D eigenvalue weighted by atomic mass is 10.1. The van der Waals surface area contributed by atoms with Gasteiger partial charge in [0.15, 0.2) is 6.61 Å². The van der Waals surface area contributed by atoms with Gasteiger partial charge in [0.25, 0.3) is 5.91 Å². The van der Waals surface area contributed by atoms with Crippen molar-refractivity contribution in [1.29, 1.82) is 0 Å². The third kappa shape index (κ3) is 4.49. The quantitative estimate of drug-likeness (QED) is 0.875. The van der Waals surface area contributed by atoms with Crippen LogP contribution in [0.2, 0.25) is 5.02 Å². The molecule has 0 aromatic heterocycles. The maximum Gasteiger partial charge on any atom is 0.258 e. The fourth-order valence-electron chi connectivity index (χ4n) is 2.82. The lowest BCUT2D eigenvalue weighted by Crippen LogP contribution is -2.47. The highest BCUT2D eigenvalue weighted by atomic mass is 35.5. The zero-order chi connectivity index (χ0) is 16.8. The molecule has 2 aromatic rings. The molecular formula is C19H21ClN2O2. The molecule has 24 heavy (non-hydrogen) atoms. The molecule has 1 heterocycles. The number of hydrogen-bond acceptors (Lipinski definition) is 3. The number of halogens is 1. The van der Waals surface area contributed by atoms with Gasteiger partial charge < -0.3 is 15.4 Å². The van der Waals surface area contributed by atoms with Gasteiger partial charge in [0.2, 0.25) is 0 Å². The van der Waals surface area contributed by atoms with Gasteiger partial charge >= 0.3 is 0 Å². The molecule has 1 amide bonds. The van der Waals surface area contributed by atoms with Crippen LogP contribution in [0.1, 0.15) is 12.8 Å². The predicted molar refractivity (Wildman–Crippen MR) is 96.4 cm³/mol. The first-order valence-corrected chi connectivity index (χ1v) is 8.58. The minimum absolute atomic E-state index is 0.0269. The van der Waals surface area contributed by atoms with Crippen molar-refractivity contribution in [3.8, 4) is 16.9 Å². The van der Waals surface area contributed by atoms with E-state index in [9.17, 15) is 4.79 Å². The summed E-state index contributed by atoms with van der Waals surface area (Å²) in [5.74, 6) is 0.403. The molecule has 0 spiro atoms. The monoisotopic (exact) mass is 344 g/mol. The van der Waals surface area contributed by atoms with E-state index in [1.54, 1.807) is 6.07 Å². The molecule has 1 saturated heterocycles. The average molecular weight is 345 g/mol. The maximum absolute atomic E-state index is 12.0. The fourth-order valence-corrected chi connectivity index (χ4v) is 3.05. The number of nitrogens with one attached hydrogen (secondary N) is 2. The number of hydrogen-bond donors (Lipinski definition) is 2. The van der Waals surface area contributed by atoms with E-state index in [2.05, 4.69) is 10.6 Å². The number of ether oxygens (including phenoxy) is 1. The Labute approximate surface area is 147 Å². The lowest BCUT2D eigenvalue weighted by molar-refractivity contribution is -0.123. The Bertz CT molecular complexity index is 685. The number of carbonyl (C=O) groups is 1. The van der Waals surface area contributed by atoms with Crippen LogP contribution in [-0.2, 0) is 4.79 Å². The zero-order valence-electron chi connectivity index (χ0n) is 13.4. The van der Waals surface area contributed by atoms with E-state index in [4.69, 9.17) is 16.3 Å². The first kappa shape index (κ1) is 16.8. The van der Waals surface area contributed by atoms with Gasteiger partial charge in [-0.2, -0.15) is 0 Å². The summed E-state index contributed by atoms with van der Waals surface area (Å²) in [6, 6.07) is 15.8. The van der Waals surface area contributed by atoms with E-state index in [0.717, 1.165) is 37.1 Å². The molecule has 5 heteroatoms. The highest BCUT2D eigenvalue weighted by Crippen LogP contribution is 2.30. The molecule has 0 radical (unpaired) electrons. The molecule has 1 aliphatic rings. The van der Waals surface area contributed by atoms with Crippen molar-refractivity contribution in [3.05, 3.63) is 53.6 Å². The molecular weight excluding hydrogens is 324 g/mol. The van der Waals surface area contributed by atoms with Gasteiger partial charge in [0.1, 0.15) is 5.75 Å². The first-order chi connectivity index (χ1) is 11.7. The summed E-state index contributed by atoms with van der Waals surface area (Å²) in [5, 5.41) is 6.75. The second kappa shape index (κ2) is 8.18. The molecule has 1 atom stereocenters. The van der Waals surface area contributed by atoms with Crippen molar-refractivity contribution in [2.24, 2.45) is 0 Å². The van der Waals surface area contributed by atoms with E-state index in [0.29, 0.717) is 10.8 Å². The number of amides is 1. The molecule has 0 saturated carbocycles. The zero-order valence-corrected chi connectivity index (χ0v) is 14.2. The number of benzene rings is 2. The predicted octanol–water partition coefficient (Wildman–Crippen LogP) is 3.25. The average Bonchev–Trinajstić information content (AvgIpc) is 2.62. The smallest absolute Gasteiger partial charge is 0.258 e. The Hall–Kier alpha value is -2.04. The van der Waals surface area contributed by atoms with Crippen molar-refractivity contribution in [2.75, 3.05) is 19.7 Å². The van der Waals surface area contributed by atoms with Gasteiger partial charge in [-0.05, 0) is 42.6 Å². The van der Waals surface area contributed by atoms with Crippen LogP contribution in [0, 0.1) is 0 Å². The SMILES string of the molecule is O=C(COc1ccc(-c2ccccc2)cc1Cl)NC1CCCNC1. The first-order valence-electron chi connectivity index (χ1n) is 8.20. The minimum Gasteiger partial charge on any atom is -0.482 e. The number of piperidine rings is 1. The molecule has 126 valence electrons. The highest BCUT2D eigenvalue weighted by molar-refractivity contribution is 6.32. The molecule has 0 bridgehead atoms. The van der Waals surface area contributed by atoms with E-state index in [1.165, 1.54) is 0 Å². The van der Waals surface area contributed by atoms with E-state index in [1.807, 2.05) is 42.5 Å². The summed E-state index contributed by atoms with van der Waals surface area (Å²) >= 11 is 6.29. The van der Waals surface area contributed by atoms with Crippen molar-refractivity contribution in [3.63, 3.8) is 0 Å². The van der Waals surface area contributed by atoms with Crippen LogP contribution in [-0.4, -0.2) is 31.6 Å². The van der Waals surface area contributed by atoms with Crippen molar-refractivity contribution in [2.45, 2.75) is 18.9 Å². The molecule has 2 N–H and O–H groups in total. The van der Waals surface area contributed by atoms with Gasteiger partial charge in [-0.1, -0.05) is 48.0 Å². The number of rotatable bonds is 5. The van der Waals surface area contributed by atoms with E-state index < -0.39 is 0 Å². The van der Waals surface area contributed by atoms with Gasteiger partial charge in [-0.25, -0.2) is 0 Å². The Balaban J connectivity index is 1.56. The second-order valence-corrected chi connectivity index (χ2v) is 6.32. The molecule has 1 unspecified atom stereocenters. The molecule has 4 nitrogen and oxygen atoms in total. The summed E-state index contributed by atoms with van der Waals surface area (Å²) in [4.78, 5) is 12.0. The minimum atomic E-state index is -0.119. The molecule has 1 fully saturated rings. The molecule has 2 aromatic carbocycles. The molecule has 1 aliphatic heterocycles. The van der Waals surface area contributed by atoms with Crippen LogP contribution in [0.15, 0.2) is 48.5 Å². The molecule has 0 aliphatic carbocycles. The largest absolute Gasteiger partial charge is 0.482 e. The summed E-state index contributed by atoms with van der Waals surface area (Å²) < 4.78 is 5.57. The number of carbonyl (C=O) groups excluding carboxylic acids is 1. The van der Waals surface area contributed by atoms with Gasteiger partial charge in [0.05, 0.1) is 5.02 Å². The maximum atomic E-state index is 12.0. The third-order valence-electron chi connectivity index (χ3n) is 4.06. The Morgan fingerprint density at radius 2 is 2.04 bits per heavy atom. The highest BCUT2D eigenvalue weighted by Gasteiger charge is 2.15. The van der Waals surface area contributed by atoms with Gasteiger partial charge in [0, 0.05) is 12.6 Å². The standard InChI is InChI=1S/C19H21ClN2O2/c20-17-11-15(14-5-2-1-3-6-14)8-9-18(17)24-13-19(23)22-16-7-4-10-21-12-16/h1-3,5-6,8-9,11,16,21H,4,7,10,12-13H2,(H,22,23). The van der Waals surface area contributed by atoms with Crippen molar-refractivity contribution in [1.82, 2.24) is 10.6 Å². The van der Waals surface area contributed by atoms with Crippen molar-refractivity contribution < 1.29 is 9.53 Å². The second-order valence-electron chi connectivity index (χ2n) is 5.91. The van der Waals surface area contributed by atoms with Crippen LogP contribution in [0.5, 0.6) is 5.75 Å². The topological polar surface area (TPSA) is 50.4 Å². The summed E-state index contributed by atoms with van der Waals surface area (Å²) in [5.41, 5.74) is 2.11. The normalized spacial score (nSPS) is 17.3. The Kier molecular flexibility index (Phi) is 5.72. The summed E-state index contributed by atoms with van der Waals surface area (Å²) in [6.07, 6.45) is 2.09. The Morgan fingerprint density at radius 1 is 1.21 bits per heavy atom. The van der Waals surface area contributed by atoms with Crippen molar-refractivity contribution >= 4 is 17.5 Å². The van der Waals surface area contributed by atoms with Gasteiger partial charge in [-0.15, -0.1) is 0 Å². The van der Waals surface area contributed by atoms with E-state index in [-0.39, 0.29) is 18.6 Å². The summed E-state index contributed by atoms with van der Waals surface area (Å²) in [7, 11) is 0. The lowest BCUT2D eigenvalue weighted by Gasteiger charge is -2.23. The summed E-state index contributed by atoms with van der Waals surface area (Å²) in [6.45, 7) is 1.81. The van der Waals surface area contributed by atoms with Gasteiger partial charge in [-0.3, -0.25) is 4.79 Å².